The number of benzene rings is 2. The van der Waals surface area contributed by atoms with Crippen LogP contribution in [0.15, 0.2) is 36.4 Å². The van der Waals surface area contributed by atoms with E-state index in [1.54, 1.807) is 18.2 Å². The molecule has 5 rings (SSSR count). The third-order valence-electron chi connectivity index (χ3n) is 5.63. The van der Waals surface area contributed by atoms with Crippen LogP contribution in [0.2, 0.25) is 0 Å². The molecule has 27 heavy (non-hydrogen) atoms. The van der Waals surface area contributed by atoms with Crippen LogP contribution in [0.4, 0.5) is 0 Å². The summed E-state index contributed by atoms with van der Waals surface area (Å²) >= 11 is 0. The molecule has 0 saturated carbocycles. The average molecular weight is 372 g/mol. The molecule has 0 aromatic heterocycles. The highest BCUT2D eigenvalue weighted by Crippen LogP contribution is 2.54. The number of hydrogen-bond acceptors (Lipinski definition) is 7. The fraction of sp³-hybridized carbons (Fsp3) is 0.400. The maximum atomic E-state index is 11.4. The largest absolute Gasteiger partial charge is 0.504 e. The Hall–Kier alpha value is -2.48. The van der Waals surface area contributed by atoms with E-state index in [2.05, 4.69) is 0 Å². The van der Waals surface area contributed by atoms with Gasteiger partial charge in [-0.25, -0.2) is 0 Å². The molecule has 3 heterocycles. The summed E-state index contributed by atoms with van der Waals surface area (Å²) < 4.78 is 27.9. The van der Waals surface area contributed by atoms with Crippen molar-refractivity contribution in [1.82, 2.24) is 0 Å². The van der Waals surface area contributed by atoms with Gasteiger partial charge in [-0.15, -0.1) is 0 Å². The maximum absolute atomic E-state index is 11.4. The lowest BCUT2D eigenvalue weighted by molar-refractivity contribution is -0.0628. The number of aromatic hydroxyl groups is 1. The molecular formula is C20H20O7. The number of rotatable bonds is 3. The molecule has 0 bridgehead atoms. The first kappa shape index (κ1) is 16.7. The minimum Gasteiger partial charge on any atom is -0.504 e. The lowest BCUT2D eigenvalue weighted by Crippen LogP contribution is -2.39. The van der Waals surface area contributed by atoms with E-state index in [9.17, 15) is 10.2 Å². The Morgan fingerprint density at radius 3 is 2.70 bits per heavy atom. The zero-order valence-electron chi connectivity index (χ0n) is 14.8. The minimum atomic E-state index is -1.15. The number of phenols is 1. The second-order valence-electron chi connectivity index (χ2n) is 7.09. The van der Waals surface area contributed by atoms with Crippen molar-refractivity contribution in [1.29, 1.82) is 0 Å². The molecule has 0 unspecified atom stereocenters. The first-order chi connectivity index (χ1) is 13.1. The summed E-state index contributed by atoms with van der Waals surface area (Å²) in [6.07, 6.45) is -0.857. The van der Waals surface area contributed by atoms with Gasteiger partial charge >= 0.3 is 0 Å². The summed E-state index contributed by atoms with van der Waals surface area (Å²) in [5.41, 5.74) is 0.515. The molecule has 2 aromatic rings. The molecule has 0 amide bonds. The molecule has 3 aliphatic rings. The van der Waals surface area contributed by atoms with Crippen molar-refractivity contribution in [2.75, 3.05) is 27.1 Å². The van der Waals surface area contributed by atoms with Crippen LogP contribution in [0.1, 0.15) is 23.3 Å². The number of methoxy groups -OCH3 is 1. The zero-order chi connectivity index (χ0) is 18.6. The molecule has 2 N–H and O–H groups in total. The van der Waals surface area contributed by atoms with E-state index in [0.29, 0.717) is 23.9 Å². The predicted molar refractivity (Wildman–Crippen MR) is 93.0 cm³/mol. The van der Waals surface area contributed by atoms with Crippen LogP contribution in [-0.4, -0.2) is 42.9 Å². The molecule has 0 spiro atoms. The number of hydrogen-bond donors (Lipinski definition) is 2. The summed E-state index contributed by atoms with van der Waals surface area (Å²) in [5.74, 6) is 1.55. The van der Waals surface area contributed by atoms with Crippen LogP contribution in [0.3, 0.4) is 0 Å². The second-order valence-corrected chi connectivity index (χ2v) is 7.09. The van der Waals surface area contributed by atoms with E-state index >= 15 is 0 Å². The van der Waals surface area contributed by atoms with Gasteiger partial charge in [0.15, 0.2) is 23.0 Å². The minimum absolute atomic E-state index is 0.0652. The summed E-state index contributed by atoms with van der Waals surface area (Å²) in [4.78, 5) is 0. The Morgan fingerprint density at radius 2 is 1.85 bits per heavy atom. The van der Waals surface area contributed by atoms with Crippen LogP contribution in [0.5, 0.6) is 23.0 Å². The van der Waals surface area contributed by atoms with E-state index in [1.807, 2.05) is 18.2 Å². The Bertz CT molecular complexity index is 883. The molecule has 7 nitrogen and oxygen atoms in total. The molecule has 2 aromatic carbocycles. The molecule has 2 saturated heterocycles. The molecule has 7 heteroatoms. The number of aliphatic hydroxyl groups is 1. The van der Waals surface area contributed by atoms with Crippen LogP contribution in [0, 0.1) is 5.92 Å². The Labute approximate surface area is 156 Å². The summed E-state index contributed by atoms with van der Waals surface area (Å²) in [6.45, 7) is 0.721. The van der Waals surface area contributed by atoms with Gasteiger partial charge in [-0.3, -0.25) is 0 Å². The first-order valence-corrected chi connectivity index (χ1v) is 8.82. The van der Waals surface area contributed by atoms with Crippen LogP contribution >= 0.6 is 0 Å². The Kier molecular flexibility index (Phi) is 3.72. The summed E-state index contributed by atoms with van der Waals surface area (Å²) in [6, 6.07) is 10.7. The van der Waals surface area contributed by atoms with Gasteiger partial charge in [0, 0.05) is 5.92 Å². The molecule has 3 aliphatic heterocycles. The Balaban J connectivity index is 1.45. The van der Waals surface area contributed by atoms with Gasteiger partial charge in [-0.2, -0.15) is 0 Å². The maximum Gasteiger partial charge on any atom is 0.231 e. The first-order valence-electron chi connectivity index (χ1n) is 8.82. The van der Waals surface area contributed by atoms with Gasteiger partial charge < -0.3 is 33.9 Å². The third kappa shape index (κ3) is 2.46. The van der Waals surface area contributed by atoms with Crippen molar-refractivity contribution < 1.29 is 33.9 Å². The van der Waals surface area contributed by atoms with E-state index in [1.165, 1.54) is 7.11 Å². The number of phenolic OH excluding ortho intramolecular Hbond substituents is 1. The lowest BCUT2D eigenvalue weighted by Gasteiger charge is -2.27. The number of ether oxygens (including phenoxy) is 5. The van der Waals surface area contributed by atoms with E-state index < -0.39 is 11.7 Å². The van der Waals surface area contributed by atoms with E-state index in [4.69, 9.17) is 23.7 Å². The molecule has 0 aliphatic carbocycles. The van der Waals surface area contributed by atoms with Crippen molar-refractivity contribution in [3.63, 3.8) is 0 Å². The van der Waals surface area contributed by atoms with E-state index in [-0.39, 0.29) is 31.2 Å². The standard InChI is InChI=1S/C20H20O7/c1-23-16-6-11(2-4-14(16)21)18-13-8-24-19(20(13,22)9-25-18)12-3-5-15-17(7-12)27-10-26-15/h2-7,13,18-19,21-22H,8-10H2,1H3/t13-,18-,19-,20+/m1/s1. The molecule has 0 radical (unpaired) electrons. The van der Waals surface area contributed by atoms with Crippen LogP contribution in [-0.2, 0) is 9.47 Å². The molecular weight excluding hydrogens is 352 g/mol. The zero-order valence-corrected chi connectivity index (χ0v) is 14.8. The lowest BCUT2D eigenvalue weighted by atomic mass is 9.81. The smallest absolute Gasteiger partial charge is 0.231 e. The number of fused-ring (bicyclic) bond motifs is 2. The van der Waals surface area contributed by atoms with Gasteiger partial charge in [0.25, 0.3) is 0 Å². The van der Waals surface area contributed by atoms with Crippen molar-refractivity contribution in [2.24, 2.45) is 5.92 Å². The van der Waals surface area contributed by atoms with Crippen LogP contribution < -0.4 is 14.2 Å². The molecule has 2 fully saturated rings. The summed E-state index contributed by atoms with van der Waals surface area (Å²) in [5, 5.41) is 21.2. The normalized spacial score (nSPS) is 31.1. The summed E-state index contributed by atoms with van der Waals surface area (Å²) in [7, 11) is 1.50. The van der Waals surface area contributed by atoms with Crippen molar-refractivity contribution in [3.05, 3.63) is 47.5 Å². The third-order valence-corrected chi connectivity index (χ3v) is 5.63. The highest BCUT2D eigenvalue weighted by Gasteiger charge is 2.59. The second kappa shape index (κ2) is 6.02. The topological polar surface area (TPSA) is 86.6 Å². The molecule has 4 atom stereocenters. The van der Waals surface area contributed by atoms with Crippen molar-refractivity contribution in [3.8, 4) is 23.0 Å². The van der Waals surface area contributed by atoms with Gasteiger partial charge in [-0.1, -0.05) is 12.1 Å². The highest BCUT2D eigenvalue weighted by molar-refractivity contribution is 5.46. The highest BCUT2D eigenvalue weighted by atomic mass is 16.7. The quantitative estimate of drug-likeness (QED) is 0.855. The van der Waals surface area contributed by atoms with Gasteiger partial charge in [0.05, 0.1) is 26.4 Å². The van der Waals surface area contributed by atoms with Gasteiger partial charge in [0.1, 0.15) is 11.7 Å². The van der Waals surface area contributed by atoms with Gasteiger partial charge in [0.2, 0.25) is 6.79 Å². The van der Waals surface area contributed by atoms with E-state index in [0.717, 1.165) is 11.1 Å². The Morgan fingerprint density at radius 1 is 1.04 bits per heavy atom. The fourth-order valence-corrected chi connectivity index (χ4v) is 4.22. The average Bonchev–Trinajstić information content (AvgIpc) is 3.35. The van der Waals surface area contributed by atoms with Crippen molar-refractivity contribution in [2.45, 2.75) is 17.8 Å². The van der Waals surface area contributed by atoms with Crippen LogP contribution in [0.25, 0.3) is 0 Å². The van der Waals surface area contributed by atoms with Gasteiger partial charge in [-0.05, 0) is 35.4 Å². The SMILES string of the molecule is COc1cc([C@H]2OC[C@@]3(O)[C@@H](c4ccc5c(c4)OCO5)OC[C@H]23)ccc1O. The predicted octanol–water partition coefficient (Wildman–Crippen LogP) is 2.32. The monoisotopic (exact) mass is 372 g/mol. The fourth-order valence-electron chi connectivity index (χ4n) is 4.22. The van der Waals surface area contributed by atoms with Crippen molar-refractivity contribution >= 4 is 0 Å². The molecule has 142 valence electrons.